The average molecular weight is 603 g/mol. The second-order valence-corrected chi connectivity index (χ2v) is 12.7. The Morgan fingerprint density at radius 3 is 2.23 bits per heavy atom. The molecule has 3 aromatic carbocycles. The van der Waals surface area contributed by atoms with E-state index in [4.69, 9.17) is 23.2 Å². The van der Waals surface area contributed by atoms with Gasteiger partial charge in [0.25, 0.3) is 10.0 Å². The number of nitrogens with one attached hydrogen (secondary N) is 1. The lowest BCUT2D eigenvalue weighted by Gasteiger charge is -2.33. The standard InChI is InChI=1S/C30H33Cl2N3O4S/c1-22(30(37)33-26-11-4-2-5-12-26)34(20-23-9-8-10-25(32)19-23)29(36)21-35(27-13-6-3-7-14-27)40(38,39)28-17-15-24(31)16-18-28/h3,6-10,13-19,22,26H,2,4-5,11-12,20-21H2,1H3,(H,33,37)/t22-/m1/s1. The number of carbonyl (C=O) groups is 2. The van der Waals surface area contributed by atoms with Gasteiger partial charge in [0.15, 0.2) is 0 Å². The molecule has 10 heteroatoms. The van der Waals surface area contributed by atoms with Gasteiger partial charge in [-0.1, -0.05) is 72.8 Å². The molecule has 1 N–H and O–H groups in total. The van der Waals surface area contributed by atoms with Crippen molar-refractivity contribution in [1.82, 2.24) is 10.2 Å². The summed E-state index contributed by atoms with van der Waals surface area (Å²) in [7, 11) is -4.14. The molecule has 0 radical (unpaired) electrons. The van der Waals surface area contributed by atoms with Crippen LogP contribution in [-0.4, -0.2) is 43.8 Å². The highest BCUT2D eigenvalue weighted by molar-refractivity contribution is 7.92. The van der Waals surface area contributed by atoms with Gasteiger partial charge in [-0.15, -0.1) is 0 Å². The molecule has 212 valence electrons. The number of anilines is 1. The number of hydrogen-bond acceptors (Lipinski definition) is 4. The van der Waals surface area contributed by atoms with E-state index in [2.05, 4.69) is 5.32 Å². The maximum absolute atomic E-state index is 14.0. The number of rotatable bonds is 10. The third-order valence-corrected chi connectivity index (χ3v) is 9.36. The molecule has 3 aromatic rings. The molecule has 0 bridgehead atoms. The van der Waals surface area contributed by atoms with Crippen molar-refractivity contribution < 1.29 is 18.0 Å². The zero-order valence-electron chi connectivity index (χ0n) is 22.3. The Morgan fingerprint density at radius 2 is 1.57 bits per heavy atom. The van der Waals surface area contributed by atoms with Crippen molar-refractivity contribution in [3.8, 4) is 0 Å². The first-order valence-corrected chi connectivity index (χ1v) is 15.5. The summed E-state index contributed by atoms with van der Waals surface area (Å²) in [5.41, 5.74) is 1.05. The van der Waals surface area contributed by atoms with Crippen LogP contribution >= 0.6 is 23.2 Å². The molecule has 0 aliphatic heterocycles. The number of amides is 2. The minimum absolute atomic E-state index is 0.00182. The summed E-state index contributed by atoms with van der Waals surface area (Å²) in [5.74, 6) is -0.790. The van der Waals surface area contributed by atoms with Gasteiger partial charge in [-0.25, -0.2) is 8.42 Å². The van der Waals surface area contributed by atoms with Crippen molar-refractivity contribution in [2.24, 2.45) is 0 Å². The van der Waals surface area contributed by atoms with E-state index in [1.165, 1.54) is 29.2 Å². The second kappa shape index (κ2) is 13.5. The van der Waals surface area contributed by atoms with Crippen LogP contribution < -0.4 is 9.62 Å². The van der Waals surface area contributed by atoms with E-state index in [0.29, 0.717) is 15.7 Å². The van der Waals surface area contributed by atoms with E-state index in [0.717, 1.165) is 42.0 Å². The van der Waals surface area contributed by atoms with Crippen LogP contribution in [0.3, 0.4) is 0 Å². The van der Waals surface area contributed by atoms with Gasteiger partial charge >= 0.3 is 0 Å². The number of nitrogens with zero attached hydrogens (tertiary/aromatic N) is 2. The monoisotopic (exact) mass is 601 g/mol. The van der Waals surface area contributed by atoms with Crippen LogP contribution in [0.25, 0.3) is 0 Å². The molecule has 2 amide bonds. The summed E-state index contributed by atoms with van der Waals surface area (Å²) in [4.78, 5) is 28.7. The molecule has 0 heterocycles. The van der Waals surface area contributed by atoms with Crippen LogP contribution in [-0.2, 0) is 26.2 Å². The van der Waals surface area contributed by atoms with Gasteiger partial charge in [0.05, 0.1) is 10.6 Å². The molecule has 1 aliphatic carbocycles. The van der Waals surface area contributed by atoms with Crippen LogP contribution in [0.4, 0.5) is 5.69 Å². The number of hydrogen-bond donors (Lipinski definition) is 1. The first kappa shape index (κ1) is 29.9. The molecule has 1 saturated carbocycles. The predicted molar refractivity (Wildman–Crippen MR) is 159 cm³/mol. The Kier molecular flexibility index (Phi) is 10.1. The normalized spacial score (nSPS) is 14.8. The van der Waals surface area contributed by atoms with Gasteiger partial charge in [0.2, 0.25) is 11.8 Å². The van der Waals surface area contributed by atoms with Crippen molar-refractivity contribution in [3.05, 3.63) is 94.5 Å². The van der Waals surface area contributed by atoms with E-state index >= 15 is 0 Å². The molecule has 0 unspecified atom stereocenters. The van der Waals surface area contributed by atoms with Crippen LogP contribution in [0.5, 0.6) is 0 Å². The van der Waals surface area contributed by atoms with E-state index in [1.54, 1.807) is 55.5 Å². The first-order chi connectivity index (χ1) is 19.1. The Morgan fingerprint density at radius 1 is 0.900 bits per heavy atom. The minimum atomic E-state index is -4.14. The Bertz CT molecular complexity index is 1410. The molecule has 1 atom stereocenters. The van der Waals surface area contributed by atoms with E-state index in [-0.39, 0.29) is 23.4 Å². The molecule has 0 saturated heterocycles. The van der Waals surface area contributed by atoms with Gasteiger partial charge in [-0.3, -0.25) is 13.9 Å². The highest BCUT2D eigenvalue weighted by Gasteiger charge is 2.33. The van der Waals surface area contributed by atoms with Crippen LogP contribution in [0, 0.1) is 0 Å². The molecular formula is C30H33Cl2N3O4S. The zero-order valence-corrected chi connectivity index (χ0v) is 24.6. The number of carbonyl (C=O) groups excluding carboxylic acids is 2. The summed E-state index contributed by atoms with van der Waals surface area (Å²) in [6.07, 6.45) is 5.07. The summed E-state index contributed by atoms with van der Waals surface area (Å²) >= 11 is 12.2. The van der Waals surface area contributed by atoms with Crippen molar-refractivity contribution in [1.29, 1.82) is 0 Å². The van der Waals surface area contributed by atoms with E-state index < -0.39 is 28.5 Å². The second-order valence-electron chi connectivity index (χ2n) is 9.97. The van der Waals surface area contributed by atoms with Gasteiger partial charge in [0.1, 0.15) is 12.6 Å². The molecule has 40 heavy (non-hydrogen) atoms. The Labute approximate surface area is 246 Å². The summed E-state index contributed by atoms with van der Waals surface area (Å²) in [6.45, 7) is 1.25. The van der Waals surface area contributed by atoms with Gasteiger partial charge in [-0.05, 0) is 73.9 Å². The predicted octanol–water partition coefficient (Wildman–Crippen LogP) is 6.05. The first-order valence-electron chi connectivity index (χ1n) is 13.3. The zero-order chi connectivity index (χ0) is 28.7. The number of benzene rings is 3. The highest BCUT2D eigenvalue weighted by Crippen LogP contribution is 2.26. The van der Waals surface area contributed by atoms with E-state index in [1.807, 2.05) is 6.07 Å². The lowest BCUT2D eigenvalue weighted by atomic mass is 9.95. The quantitative estimate of drug-likeness (QED) is 0.306. The van der Waals surface area contributed by atoms with Gasteiger partial charge in [0, 0.05) is 22.6 Å². The maximum Gasteiger partial charge on any atom is 0.264 e. The van der Waals surface area contributed by atoms with Crippen molar-refractivity contribution in [2.75, 3.05) is 10.8 Å². The third-order valence-electron chi connectivity index (χ3n) is 7.09. The molecule has 1 fully saturated rings. The fourth-order valence-corrected chi connectivity index (χ4v) is 6.59. The van der Waals surface area contributed by atoms with E-state index in [9.17, 15) is 18.0 Å². The number of sulfonamides is 1. The van der Waals surface area contributed by atoms with Gasteiger partial charge < -0.3 is 10.2 Å². The molecule has 0 spiro atoms. The number of halogens is 2. The number of para-hydroxylation sites is 1. The van der Waals surface area contributed by atoms with Crippen LogP contribution in [0.2, 0.25) is 10.0 Å². The molecule has 1 aliphatic rings. The fourth-order valence-electron chi connectivity index (χ4n) is 4.84. The Hall–Kier alpha value is -3.07. The molecule has 4 rings (SSSR count). The molecule has 0 aromatic heterocycles. The topological polar surface area (TPSA) is 86.8 Å². The summed E-state index contributed by atoms with van der Waals surface area (Å²) in [6, 6.07) is 20.5. The maximum atomic E-state index is 14.0. The lowest BCUT2D eigenvalue weighted by Crippen LogP contribution is -2.53. The average Bonchev–Trinajstić information content (AvgIpc) is 2.95. The molecule has 7 nitrogen and oxygen atoms in total. The minimum Gasteiger partial charge on any atom is -0.352 e. The van der Waals surface area contributed by atoms with Crippen molar-refractivity contribution >= 4 is 50.7 Å². The highest BCUT2D eigenvalue weighted by atomic mass is 35.5. The SMILES string of the molecule is C[C@H](C(=O)NC1CCCCC1)N(Cc1cccc(Cl)c1)C(=O)CN(c1ccccc1)S(=O)(=O)c1ccc(Cl)cc1. The third kappa shape index (κ3) is 7.56. The van der Waals surface area contributed by atoms with Crippen LogP contribution in [0.15, 0.2) is 83.8 Å². The van der Waals surface area contributed by atoms with Gasteiger partial charge in [-0.2, -0.15) is 0 Å². The van der Waals surface area contributed by atoms with Crippen molar-refractivity contribution in [3.63, 3.8) is 0 Å². The summed E-state index contributed by atoms with van der Waals surface area (Å²) < 4.78 is 28.6. The van der Waals surface area contributed by atoms with Crippen LogP contribution in [0.1, 0.15) is 44.6 Å². The smallest absolute Gasteiger partial charge is 0.264 e. The largest absolute Gasteiger partial charge is 0.352 e. The fraction of sp³-hybridized carbons (Fsp3) is 0.333. The molecular weight excluding hydrogens is 569 g/mol. The summed E-state index contributed by atoms with van der Waals surface area (Å²) in [5, 5.41) is 3.99. The van der Waals surface area contributed by atoms with Crippen molar-refractivity contribution in [2.45, 2.75) is 62.6 Å². The lowest BCUT2D eigenvalue weighted by molar-refractivity contribution is -0.139. The Balaban J connectivity index is 1.65.